The first kappa shape index (κ1) is 21.5. The fourth-order valence-electron chi connectivity index (χ4n) is 3.77. The van der Waals surface area contributed by atoms with Crippen LogP contribution in [0.1, 0.15) is 59.6 Å². The first-order valence-corrected chi connectivity index (χ1v) is 9.47. The molecule has 1 saturated carbocycles. The van der Waals surface area contributed by atoms with Gasteiger partial charge < -0.3 is 10.4 Å². The van der Waals surface area contributed by atoms with E-state index >= 15 is 0 Å². The summed E-state index contributed by atoms with van der Waals surface area (Å²) in [5.41, 5.74) is -0.992. The summed E-state index contributed by atoms with van der Waals surface area (Å²) in [6, 6.07) is 6.11. The van der Waals surface area contributed by atoms with Gasteiger partial charge in [-0.05, 0) is 55.0 Å². The molecule has 8 heteroatoms. The smallest absolute Gasteiger partial charge is 0.339 e. The monoisotopic (exact) mass is 419 g/mol. The van der Waals surface area contributed by atoms with Gasteiger partial charge in [-0.15, -0.1) is 0 Å². The number of benzene rings is 2. The van der Waals surface area contributed by atoms with E-state index in [9.17, 15) is 32.7 Å². The van der Waals surface area contributed by atoms with Crippen LogP contribution in [0.4, 0.5) is 13.2 Å². The Morgan fingerprint density at radius 3 is 2.30 bits per heavy atom. The molecule has 30 heavy (non-hydrogen) atoms. The van der Waals surface area contributed by atoms with Crippen LogP contribution >= 0.6 is 0 Å². The average Bonchev–Trinajstić information content (AvgIpc) is 2.58. The molecule has 1 aliphatic rings. The second kappa shape index (κ2) is 8.69. The molecule has 0 spiro atoms. The third-order valence-corrected chi connectivity index (χ3v) is 5.41. The van der Waals surface area contributed by atoms with Crippen LogP contribution in [0.2, 0.25) is 0 Å². The van der Waals surface area contributed by atoms with E-state index in [4.69, 9.17) is 0 Å². The second-order valence-electron chi connectivity index (χ2n) is 7.43. The predicted octanol–water partition coefficient (Wildman–Crippen LogP) is 4.13. The molecule has 158 valence electrons. The number of halogens is 3. The zero-order chi connectivity index (χ0) is 22.0. The molecule has 0 bridgehead atoms. The third kappa shape index (κ3) is 4.37. The van der Waals surface area contributed by atoms with Crippen molar-refractivity contribution in [2.75, 3.05) is 0 Å². The van der Waals surface area contributed by atoms with Crippen molar-refractivity contribution in [3.8, 4) is 0 Å². The molecule has 1 fully saturated rings. The summed E-state index contributed by atoms with van der Waals surface area (Å²) in [4.78, 5) is 36.8. The van der Waals surface area contributed by atoms with Gasteiger partial charge in [-0.25, -0.2) is 18.0 Å². The van der Waals surface area contributed by atoms with Crippen molar-refractivity contribution in [2.45, 2.75) is 38.1 Å². The summed E-state index contributed by atoms with van der Waals surface area (Å²) in [5, 5.41) is 12.0. The standard InChI is InChI=1S/C22H20F3NO4/c1-11(27)18(16-9-15(24)10-17(25)19(16)22(29)30)21(28)26-20(12-4-2-5-12)13-6-3-7-14(23)8-13/h3,6-10,12,18,20H,2,4-5H2,1H3,(H,26,28)(H,29,30)/t18?,20-/m0/s1. The van der Waals surface area contributed by atoms with E-state index in [2.05, 4.69) is 5.32 Å². The summed E-state index contributed by atoms with van der Waals surface area (Å²) in [5.74, 6) is -8.08. The average molecular weight is 419 g/mol. The van der Waals surface area contributed by atoms with Crippen LogP contribution in [-0.2, 0) is 9.59 Å². The highest BCUT2D eigenvalue weighted by atomic mass is 19.1. The van der Waals surface area contributed by atoms with Crippen molar-refractivity contribution in [3.63, 3.8) is 0 Å². The number of ketones is 1. The number of hydrogen-bond donors (Lipinski definition) is 2. The van der Waals surface area contributed by atoms with Crippen LogP contribution in [0.15, 0.2) is 36.4 Å². The Labute approximate surface area is 170 Å². The summed E-state index contributed by atoms with van der Waals surface area (Å²) < 4.78 is 41.6. The van der Waals surface area contributed by atoms with Crippen LogP contribution in [0.5, 0.6) is 0 Å². The highest BCUT2D eigenvalue weighted by Crippen LogP contribution is 2.38. The first-order valence-electron chi connectivity index (χ1n) is 9.47. The molecule has 2 aromatic carbocycles. The number of hydrogen-bond acceptors (Lipinski definition) is 3. The number of Topliss-reactive ketones (excluding diaryl/α,β-unsaturated/α-hetero) is 1. The number of carboxylic acid groups (broad SMARTS) is 1. The number of carbonyl (C=O) groups excluding carboxylic acids is 2. The molecule has 2 N–H and O–H groups in total. The lowest BCUT2D eigenvalue weighted by atomic mass is 9.76. The Morgan fingerprint density at radius 2 is 1.77 bits per heavy atom. The molecule has 2 aromatic rings. The predicted molar refractivity (Wildman–Crippen MR) is 101 cm³/mol. The minimum absolute atomic E-state index is 0.00606. The second-order valence-corrected chi connectivity index (χ2v) is 7.43. The van der Waals surface area contributed by atoms with Crippen molar-refractivity contribution in [1.82, 2.24) is 5.32 Å². The van der Waals surface area contributed by atoms with Crippen LogP contribution in [0, 0.1) is 23.4 Å². The van der Waals surface area contributed by atoms with Gasteiger partial charge in [0.25, 0.3) is 0 Å². The molecule has 1 unspecified atom stereocenters. The highest BCUT2D eigenvalue weighted by molar-refractivity contribution is 6.08. The minimum atomic E-state index is -1.72. The van der Waals surface area contributed by atoms with E-state index in [-0.39, 0.29) is 5.92 Å². The topological polar surface area (TPSA) is 83.5 Å². The molecule has 2 atom stereocenters. The Balaban J connectivity index is 2.00. The number of carboxylic acids is 1. The maximum absolute atomic E-state index is 14.1. The van der Waals surface area contributed by atoms with Gasteiger partial charge in [0.15, 0.2) is 0 Å². The van der Waals surface area contributed by atoms with Gasteiger partial charge in [0, 0.05) is 6.07 Å². The van der Waals surface area contributed by atoms with Crippen molar-refractivity contribution < 1.29 is 32.7 Å². The SMILES string of the molecule is CC(=O)C(C(=O)N[C@H](c1cccc(F)c1)C1CCC1)c1cc(F)cc(F)c1C(=O)O. The van der Waals surface area contributed by atoms with Gasteiger partial charge >= 0.3 is 5.97 Å². The Kier molecular flexibility index (Phi) is 6.24. The number of carbonyl (C=O) groups is 3. The summed E-state index contributed by atoms with van der Waals surface area (Å²) in [7, 11) is 0. The largest absolute Gasteiger partial charge is 0.478 e. The highest BCUT2D eigenvalue weighted by Gasteiger charge is 2.36. The summed E-state index contributed by atoms with van der Waals surface area (Å²) >= 11 is 0. The van der Waals surface area contributed by atoms with Gasteiger partial charge in [0.2, 0.25) is 5.91 Å². The first-order chi connectivity index (χ1) is 14.2. The van der Waals surface area contributed by atoms with Gasteiger partial charge in [-0.1, -0.05) is 18.6 Å². The molecule has 5 nitrogen and oxygen atoms in total. The summed E-state index contributed by atoms with van der Waals surface area (Å²) in [6.07, 6.45) is 2.49. The quantitative estimate of drug-likeness (QED) is 0.661. The fraction of sp³-hybridized carbons (Fsp3) is 0.318. The maximum atomic E-state index is 14.1. The lowest BCUT2D eigenvalue weighted by molar-refractivity contribution is -0.130. The van der Waals surface area contributed by atoms with Gasteiger partial charge in [-0.3, -0.25) is 9.59 Å². The zero-order valence-corrected chi connectivity index (χ0v) is 16.1. The molecule has 1 aliphatic carbocycles. The Bertz CT molecular complexity index is 1000. The van der Waals surface area contributed by atoms with Gasteiger partial charge in [0.05, 0.1) is 11.6 Å². The lowest BCUT2D eigenvalue weighted by Gasteiger charge is -2.35. The molecule has 0 saturated heterocycles. The molecule has 0 heterocycles. The minimum Gasteiger partial charge on any atom is -0.478 e. The fourth-order valence-corrected chi connectivity index (χ4v) is 3.77. The van der Waals surface area contributed by atoms with Crippen molar-refractivity contribution in [2.24, 2.45) is 5.92 Å². The third-order valence-electron chi connectivity index (χ3n) is 5.41. The molecule has 0 aromatic heterocycles. The number of rotatable bonds is 7. The number of nitrogens with one attached hydrogen (secondary N) is 1. The molecule has 1 amide bonds. The molecular weight excluding hydrogens is 399 g/mol. The van der Waals surface area contributed by atoms with Crippen molar-refractivity contribution in [3.05, 3.63) is 70.5 Å². The summed E-state index contributed by atoms with van der Waals surface area (Å²) in [6.45, 7) is 1.04. The van der Waals surface area contributed by atoms with Gasteiger partial charge in [-0.2, -0.15) is 0 Å². The van der Waals surface area contributed by atoms with Crippen molar-refractivity contribution in [1.29, 1.82) is 0 Å². The van der Waals surface area contributed by atoms with E-state index < -0.39 is 58.2 Å². The van der Waals surface area contributed by atoms with E-state index in [1.807, 2.05) is 0 Å². The Hall–Kier alpha value is -3.16. The van der Waals surface area contributed by atoms with E-state index in [0.29, 0.717) is 17.7 Å². The number of amides is 1. The van der Waals surface area contributed by atoms with E-state index in [1.165, 1.54) is 18.2 Å². The zero-order valence-electron chi connectivity index (χ0n) is 16.1. The van der Waals surface area contributed by atoms with Gasteiger partial charge in [0.1, 0.15) is 29.2 Å². The molecule has 0 radical (unpaired) electrons. The lowest BCUT2D eigenvalue weighted by Crippen LogP contribution is -2.41. The van der Waals surface area contributed by atoms with Crippen LogP contribution < -0.4 is 5.32 Å². The van der Waals surface area contributed by atoms with Crippen LogP contribution in [-0.4, -0.2) is 22.8 Å². The Morgan fingerprint density at radius 1 is 1.07 bits per heavy atom. The van der Waals surface area contributed by atoms with Crippen molar-refractivity contribution >= 4 is 17.7 Å². The van der Waals surface area contributed by atoms with E-state index in [1.54, 1.807) is 6.07 Å². The number of aromatic carboxylic acids is 1. The molecule has 0 aliphatic heterocycles. The molecular formula is C22H20F3NO4. The van der Waals surface area contributed by atoms with Crippen LogP contribution in [0.25, 0.3) is 0 Å². The van der Waals surface area contributed by atoms with Crippen LogP contribution in [0.3, 0.4) is 0 Å². The molecule has 3 rings (SSSR count). The normalized spacial score (nSPS) is 15.7. The maximum Gasteiger partial charge on any atom is 0.339 e. The van der Waals surface area contributed by atoms with E-state index in [0.717, 1.165) is 26.2 Å².